The van der Waals surface area contributed by atoms with Crippen molar-refractivity contribution in [2.24, 2.45) is 0 Å². The highest BCUT2D eigenvalue weighted by molar-refractivity contribution is 5.95. The number of carbonyl (C=O) groups is 1. The van der Waals surface area contributed by atoms with E-state index < -0.39 is 6.04 Å². The molecule has 0 bridgehead atoms. The Bertz CT molecular complexity index is 759. The number of hydrogen-bond acceptors (Lipinski definition) is 3. The molecule has 0 saturated carbocycles. The molecular formula is C21H26FN3O. The van der Waals surface area contributed by atoms with E-state index in [9.17, 15) is 9.18 Å². The van der Waals surface area contributed by atoms with Crippen molar-refractivity contribution in [1.29, 1.82) is 0 Å². The summed E-state index contributed by atoms with van der Waals surface area (Å²) in [5.74, 6) is -0.503. The molecule has 2 N–H and O–H groups in total. The minimum absolute atomic E-state index is 0.201. The molecule has 26 heavy (non-hydrogen) atoms. The first-order valence-corrected chi connectivity index (χ1v) is 9.26. The number of likely N-dealkylation sites (N-methyl/N-ethyl adjacent to an activating group) is 1. The molecule has 4 nitrogen and oxygen atoms in total. The second-order valence-corrected chi connectivity index (χ2v) is 6.52. The van der Waals surface area contributed by atoms with Crippen LogP contribution in [0.5, 0.6) is 0 Å². The first-order valence-electron chi connectivity index (χ1n) is 9.26. The number of nitrogens with one attached hydrogen (secondary N) is 2. The summed E-state index contributed by atoms with van der Waals surface area (Å²) in [7, 11) is 0. The summed E-state index contributed by atoms with van der Waals surface area (Å²) in [5.41, 5.74) is 2.86. The summed E-state index contributed by atoms with van der Waals surface area (Å²) < 4.78 is 14.9. The number of benzene rings is 2. The van der Waals surface area contributed by atoms with E-state index in [-0.39, 0.29) is 17.4 Å². The van der Waals surface area contributed by atoms with Crippen LogP contribution < -0.4 is 10.6 Å². The maximum atomic E-state index is 14.9. The van der Waals surface area contributed by atoms with Gasteiger partial charge in [-0.3, -0.25) is 9.69 Å². The maximum absolute atomic E-state index is 14.9. The van der Waals surface area contributed by atoms with Crippen LogP contribution in [0.3, 0.4) is 0 Å². The zero-order valence-electron chi connectivity index (χ0n) is 15.4. The van der Waals surface area contributed by atoms with Crippen molar-refractivity contribution < 1.29 is 9.18 Å². The van der Waals surface area contributed by atoms with Crippen molar-refractivity contribution in [3.8, 4) is 0 Å². The number of rotatable bonds is 6. The van der Waals surface area contributed by atoms with Gasteiger partial charge in [0.1, 0.15) is 11.9 Å². The Kier molecular flexibility index (Phi) is 6.01. The SMILES string of the molecule is CCN(CC)C(C(=O)Nc1ccc2c(c1F)CCNC2)c1ccccc1. The van der Waals surface area contributed by atoms with Crippen LogP contribution in [0, 0.1) is 5.82 Å². The highest BCUT2D eigenvalue weighted by Gasteiger charge is 2.27. The molecule has 1 atom stereocenters. The summed E-state index contributed by atoms with van der Waals surface area (Å²) in [6.07, 6.45) is 0.642. The minimum Gasteiger partial charge on any atom is -0.322 e. The van der Waals surface area contributed by atoms with Gasteiger partial charge in [-0.15, -0.1) is 0 Å². The molecule has 1 heterocycles. The third kappa shape index (κ3) is 3.79. The van der Waals surface area contributed by atoms with Crippen molar-refractivity contribution in [2.45, 2.75) is 32.9 Å². The van der Waals surface area contributed by atoms with Gasteiger partial charge in [-0.1, -0.05) is 50.2 Å². The van der Waals surface area contributed by atoms with Gasteiger partial charge in [0.25, 0.3) is 0 Å². The molecule has 1 aliphatic rings. The number of halogens is 1. The van der Waals surface area contributed by atoms with Crippen LogP contribution in [0.1, 0.15) is 36.6 Å². The topological polar surface area (TPSA) is 44.4 Å². The number of carbonyl (C=O) groups excluding carboxylic acids is 1. The fraction of sp³-hybridized carbons (Fsp3) is 0.381. The van der Waals surface area contributed by atoms with Gasteiger partial charge in [0.15, 0.2) is 0 Å². The molecule has 1 amide bonds. The van der Waals surface area contributed by atoms with Gasteiger partial charge < -0.3 is 10.6 Å². The van der Waals surface area contributed by atoms with E-state index in [1.165, 1.54) is 0 Å². The number of nitrogens with zero attached hydrogens (tertiary/aromatic N) is 1. The highest BCUT2D eigenvalue weighted by atomic mass is 19.1. The van der Waals surface area contributed by atoms with Gasteiger partial charge in [-0.2, -0.15) is 0 Å². The molecule has 0 aliphatic carbocycles. The van der Waals surface area contributed by atoms with Crippen LogP contribution in [0.2, 0.25) is 0 Å². The molecule has 0 fully saturated rings. The third-order valence-electron chi connectivity index (χ3n) is 5.01. The molecule has 3 rings (SSSR count). The van der Waals surface area contributed by atoms with E-state index >= 15 is 0 Å². The summed E-state index contributed by atoms with van der Waals surface area (Å²) in [4.78, 5) is 15.1. The van der Waals surface area contributed by atoms with E-state index in [1.54, 1.807) is 6.07 Å². The lowest BCUT2D eigenvalue weighted by atomic mass is 9.99. The number of fused-ring (bicyclic) bond motifs is 1. The van der Waals surface area contributed by atoms with Crippen molar-refractivity contribution in [3.05, 3.63) is 65.0 Å². The molecule has 2 aromatic carbocycles. The number of amides is 1. The fourth-order valence-corrected chi connectivity index (χ4v) is 3.58. The minimum atomic E-state index is -0.441. The zero-order chi connectivity index (χ0) is 18.5. The lowest BCUT2D eigenvalue weighted by Gasteiger charge is -2.29. The predicted molar refractivity (Wildman–Crippen MR) is 103 cm³/mol. The second-order valence-electron chi connectivity index (χ2n) is 6.52. The lowest BCUT2D eigenvalue weighted by molar-refractivity contribution is -0.121. The average Bonchev–Trinajstić information content (AvgIpc) is 2.69. The lowest BCUT2D eigenvalue weighted by Crippen LogP contribution is -2.37. The van der Waals surface area contributed by atoms with Crippen LogP contribution in [-0.4, -0.2) is 30.4 Å². The quantitative estimate of drug-likeness (QED) is 0.834. The molecular weight excluding hydrogens is 329 g/mol. The van der Waals surface area contributed by atoms with Gasteiger partial charge in [0, 0.05) is 6.54 Å². The molecule has 1 aliphatic heterocycles. The maximum Gasteiger partial charge on any atom is 0.246 e. The summed E-state index contributed by atoms with van der Waals surface area (Å²) >= 11 is 0. The molecule has 138 valence electrons. The summed E-state index contributed by atoms with van der Waals surface area (Å²) in [5, 5.41) is 6.07. The van der Waals surface area contributed by atoms with Crippen molar-refractivity contribution >= 4 is 11.6 Å². The van der Waals surface area contributed by atoms with Gasteiger partial charge in [0.05, 0.1) is 5.69 Å². The van der Waals surface area contributed by atoms with Crippen LogP contribution in [0.15, 0.2) is 42.5 Å². The Morgan fingerprint density at radius 3 is 2.62 bits per heavy atom. The Morgan fingerprint density at radius 1 is 1.19 bits per heavy atom. The molecule has 0 radical (unpaired) electrons. The first kappa shape index (κ1) is 18.5. The third-order valence-corrected chi connectivity index (χ3v) is 5.01. The van der Waals surface area contributed by atoms with Crippen LogP contribution in [0.25, 0.3) is 0 Å². The predicted octanol–water partition coefficient (Wildman–Crippen LogP) is 3.49. The molecule has 0 spiro atoms. The largest absolute Gasteiger partial charge is 0.322 e. The van der Waals surface area contributed by atoms with Crippen molar-refractivity contribution in [2.75, 3.05) is 25.0 Å². The Morgan fingerprint density at radius 2 is 1.92 bits per heavy atom. The second kappa shape index (κ2) is 8.43. The Hall–Kier alpha value is -2.24. The van der Waals surface area contributed by atoms with E-state index in [0.29, 0.717) is 18.5 Å². The van der Waals surface area contributed by atoms with Crippen LogP contribution in [0.4, 0.5) is 10.1 Å². The molecule has 5 heteroatoms. The van der Waals surface area contributed by atoms with E-state index in [4.69, 9.17) is 0 Å². The van der Waals surface area contributed by atoms with Gasteiger partial charge in [-0.05, 0) is 48.8 Å². The highest BCUT2D eigenvalue weighted by Crippen LogP contribution is 2.27. The van der Waals surface area contributed by atoms with Crippen LogP contribution >= 0.6 is 0 Å². The number of anilines is 1. The molecule has 0 saturated heterocycles. The van der Waals surface area contributed by atoms with Gasteiger partial charge >= 0.3 is 0 Å². The molecule has 2 aromatic rings. The fourth-order valence-electron chi connectivity index (χ4n) is 3.58. The van der Waals surface area contributed by atoms with E-state index in [0.717, 1.165) is 30.8 Å². The zero-order valence-corrected chi connectivity index (χ0v) is 15.4. The van der Waals surface area contributed by atoms with E-state index in [2.05, 4.69) is 15.5 Å². The normalized spacial score (nSPS) is 14.8. The smallest absolute Gasteiger partial charge is 0.246 e. The van der Waals surface area contributed by atoms with Gasteiger partial charge in [0.2, 0.25) is 5.91 Å². The van der Waals surface area contributed by atoms with Crippen molar-refractivity contribution in [1.82, 2.24) is 10.2 Å². The molecule has 0 aromatic heterocycles. The standard InChI is InChI=1S/C21H26FN3O/c1-3-25(4-2)20(15-8-6-5-7-9-15)21(26)24-18-11-10-16-14-23-13-12-17(16)19(18)22/h5-11,20,23H,3-4,12-14H2,1-2H3,(H,24,26). The van der Waals surface area contributed by atoms with Gasteiger partial charge in [-0.25, -0.2) is 4.39 Å². The van der Waals surface area contributed by atoms with Crippen molar-refractivity contribution in [3.63, 3.8) is 0 Å². The molecule has 1 unspecified atom stereocenters. The summed E-state index contributed by atoms with van der Waals surface area (Å²) in [6.45, 7) is 6.96. The monoisotopic (exact) mass is 355 g/mol. The van der Waals surface area contributed by atoms with E-state index in [1.807, 2.05) is 50.2 Å². The summed E-state index contributed by atoms with van der Waals surface area (Å²) in [6, 6.07) is 12.8. The average molecular weight is 355 g/mol. The Balaban J connectivity index is 1.89. The first-order chi connectivity index (χ1) is 12.7. The Labute approximate surface area is 154 Å². The van der Waals surface area contributed by atoms with Crippen LogP contribution in [-0.2, 0) is 17.8 Å². The number of hydrogen-bond donors (Lipinski definition) is 2.